The topological polar surface area (TPSA) is 57.2 Å². The first-order chi connectivity index (χ1) is 12.5. The van der Waals surface area contributed by atoms with E-state index in [0.29, 0.717) is 36.9 Å². The van der Waals surface area contributed by atoms with Gasteiger partial charge in [0.05, 0.1) is 26.4 Å². The Hall–Kier alpha value is -1.30. The molecule has 5 nitrogen and oxygen atoms in total. The molecule has 5 unspecified atom stereocenters. The van der Waals surface area contributed by atoms with Crippen molar-refractivity contribution >= 4 is 0 Å². The molecule has 5 atom stereocenters. The van der Waals surface area contributed by atoms with Gasteiger partial charge in [-0.05, 0) is 42.7 Å². The molecule has 3 rings (SSSR count). The van der Waals surface area contributed by atoms with Crippen LogP contribution in [0.3, 0.4) is 0 Å². The van der Waals surface area contributed by atoms with Crippen molar-refractivity contribution in [3.8, 4) is 11.5 Å². The second kappa shape index (κ2) is 8.59. The van der Waals surface area contributed by atoms with Crippen molar-refractivity contribution in [1.29, 1.82) is 0 Å². The average molecular weight is 364 g/mol. The van der Waals surface area contributed by atoms with Crippen molar-refractivity contribution in [2.24, 2.45) is 17.8 Å². The number of hydrogen-bond acceptors (Lipinski definition) is 5. The van der Waals surface area contributed by atoms with Gasteiger partial charge in [0, 0.05) is 5.56 Å². The van der Waals surface area contributed by atoms with Gasteiger partial charge in [0.25, 0.3) is 0 Å². The summed E-state index contributed by atoms with van der Waals surface area (Å²) >= 11 is 0. The van der Waals surface area contributed by atoms with Crippen LogP contribution in [0, 0.1) is 17.8 Å². The minimum atomic E-state index is -0.466. The molecule has 1 heterocycles. The van der Waals surface area contributed by atoms with Crippen LogP contribution in [0.1, 0.15) is 51.9 Å². The van der Waals surface area contributed by atoms with E-state index in [9.17, 15) is 5.11 Å². The molecule has 0 spiro atoms. The first kappa shape index (κ1) is 19.5. The molecule has 146 valence electrons. The summed E-state index contributed by atoms with van der Waals surface area (Å²) in [5.74, 6) is 2.53. The van der Waals surface area contributed by atoms with Crippen LogP contribution in [0.5, 0.6) is 11.5 Å². The molecule has 2 aliphatic rings. The second-order valence-electron chi connectivity index (χ2n) is 8.05. The van der Waals surface area contributed by atoms with E-state index in [-0.39, 0.29) is 11.9 Å². The molecule has 1 aromatic carbocycles. The number of hydrogen-bond donors (Lipinski definition) is 1. The molecule has 0 radical (unpaired) electrons. The van der Waals surface area contributed by atoms with Gasteiger partial charge in [0.1, 0.15) is 6.10 Å². The van der Waals surface area contributed by atoms with Gasteiger partial charge >= 0.3 is 0 Å². The van der Waals surface area contributed by atoms with E-state index >= 15 is 0 Å². The van der Waals surface area contributed by atoms with E-state index in [1.54, 1.807) is 12.1 Å². The van der Waals surface area contributed by atoms with Crippen LogP contribution in [-0.4, -0.2) is 37.6 Å². The molecule has 1 saturated heterocycles. The Morgan fingerprint density at radius 2 is 2.08 bits per heavy atom. The predicted octanol–water partition coefficient (Wildman–Crippen LogP) is 4.29. The SMILES string of the molecule is COc1ccc(C2OCC(COC3CC(C)CCC3C(C)C)O2)cc1O. The fourth-order valence-electron chi connectivity index (χ4n) is 4.10. The monoisotopic (exact) mass is 364 g/mol. The maximum absolute atomic E-state index is 9.94. The Bertz CT molecular complexity index is 588. The maximum atomic E-state index is 9.94. The minimum Gasteiger partial charge on any atom is -0.504 e. The highest BCUT2D eigenvalue weighted by molar-refractivity contribution is 5.42. The van der Waals surface area contributed by atoms with Gasteiger partial charge in [-0.2, -0.15) is 0 Å². The standard InChI is InChI=1S/C21H32O5/c1-13(2)17-7-5-14(3)9-20(17)24-11-16-12-25-21(26-16)15-6-8-19(23-4)18(22)10-15/h6,8,10,13-14,16-17,20-22H,5,7,9,11-12H2,1-4H3. The van der Waals surface area contributed by atoms with Crippen LogP contribution >= 0.6 is 0 Å². The summed E-state index contributed by atoms with van der Waals surface area (Å²) in [5.41, 5.74) is 0.789. The largest absolute Gasteiger partial charge is 0.504 e. The molecule has 5 heteroatoms. The summed E-state index contributed by atoms with van der Waals surface area (Å²) in [6.07, 6.45) is 3.45. The van der Waals surface area contributed by atoms with E-state index in [1.807, 2.05) is 6.07 Å². The van der Waals surface area contributed by atoms with Gasteiger partial charge in [-0.1, -0.05) is 33.3 Å². The Kier molecular flexibility index (Phi) is 6.43. The molecule has 1 N–H and O–H groups in total. The molecule has 0 aromatic heterocycles. The summed E-state index contributed by atoms with van der Waals surface area (Å²) in [5, 5.41) is 9.94. The lowest BCUT2D eigenvalue weighted by atomic mass is 9.75. The van der Waals surface area contributed by atoms with Gasteiger partial charge in [0.15, 0.2) is 17.8 Å². The lowest BCUT2D eigenvalue weighted by Crippen LogP contribution is -2.36. The molecule has 1 saturated carbocycles. The van der Waals surface area contributed by atoms with Crippen LogP contribution in [0.2, 0.25) is 0 Å². The molecular weight excluding hydrogens is 332 g/mol. The number of phenolic OH excluding ortho intramolecular Hbond substituents is 1. The number of methoxy groups -OCH3 is 1. The van der Waals surface area contributed by atoms with Crippen LogP contribution in [0.4, 0.5) is 0 Å². The van der Waals surface area contributed by atoms with E-state index < -0.39 is 6.29 Å². The van der Waals surface area contributed by atoms with Crippen LogP contribution in [0.25, 0.3) is 0 Å². The quantitative estimate of drug-likeness (QED) is 0.816. The third-order valence-corrected chi connectivity index (χ3v) is 5.68. The Balaban J connectivity index is 1.53. The van der Waals surface area contributed by atoms with Crippen molar-refractivity contribution < 1.29 is 24.1 Å². The number of phenols is 1. The van der Waals surface area contributed by atoms with Crippen molar-refractivity contribution in [1.82, 2.24) is 0 Å². The number of rotatable bonds is 6. The highest BCUT2D eigenvalue weighted by atomic mass is 16.7. The molecule has 1 aliphatic heterocycles. The lowest BCUT2D eigenvalue weighted by Gasteiger charge is -2.37. The summed E-state index contributed by atoms with van der Waals surface area (Å²) in [4.78, 5) is 0. The molecule has 1 aromatic rings. The first-order valence-corrected chi connectivity index (χ1v) is 9.73. The van der Waals surface area contributed by atoms with E-state index in [1.165, 1.54) is 20.0 Å². The van der Waals surface area contributed by atoms with Crippen LogP contribution in [0.15, 0.2) is 18.2 Å². The van der Waals surface area contributed by atoms with Crippen LogP contribution < -0.4 is 4.74 Å². The minimum absolute atomic E-state index is 0.0747. The average Bonchev–Trinajstić information content (AvgIpc) is 3.08. The zero-order valence-corrected chi connectivity index (χ0v) is 16.3. The predicted molar refractivity (Wildman–Crippen MR) is 99.3 cm³/mol. The summed E-state index contributed by atoms with van der Waals surface area (Å²) < 4.78 is 23.1. The van der Waals surface area contributed by atoms with Gasteiger partial charge in [-0.15, -0.1) is 0 Å². The van der Waals surface area contributed by atoms with E-state index in [2.05, 4.69) is 20.8 Å². The molecule has 26 heavy (non-hydrogen) atoms. The van der Waals surface area contributed by atoms with Crippen molar-refractivity contribution in [2.45, 2.75) is 58.5 Å². The zero-order chi connectivity index (χ0) is 18.7. The third kappa shape index (κ3) is 4.51. The molecule has 0 bridgehead atoms. The molecular formula is C21H32O5. The number of benzene rings is 1. The summed E-state index contributed by atoms with van der Waals surface area (Å²) in [6.45, 7) is 7.95. The van der Waals surface area contributed by atoms with Gasteiger partial charge in [-0.3, -0.25) is 0 Å². The van der Waals surface area contributed by atoms with E-state index in [0.717, 1.165) is 17.9 Å². The van der Waals surface area contributed by atoms with E-state index in [4.69, 9.17) is 18.9 Å². The Labute approximate surface area is 156 Å². The van der Waals surface area contributed by atoms with Crippen molar-refractivity contribution in [2.75, 3.05) is 20.3 Å². The van der Waals surface area contributed by atoms with Crippen LogP contribution in [-0.2, 0) is 14.2 Å². The normalized spacial score (nSPS) is 32.1. The zero-order valence-electron chi connectivity index (χ0n) is 16.3. The smallest absolute Gasteiger partial charge is 0.184 e. The van der Waals surface area contributed by atoms with Gasteiger partial charge in [0.2, 0.25) is 0 Å². The maximum Gasteiger partial charge on any atom is 0.184 e. The number of aromatic hydroxyl groups is 1. The molecule has 1 aliphatic carbocycles. The Morgan fingerprint density at radius 1 is 1.27 bits per heavy atom. The second-order valence-corrected chi connectivity index (χ2v) is 8.05. The third-order valence-electron chi connectivity index (χ3n) is 5.68. The number of ether oxygens (including phenoxy) is 4. The van der Waals surface area contributed by atoms with Crippen molar-refractivity contribution in [3.63, 3.8) is 0 Å². The van der Waals surface area contributed by atoms with Gasteiger partial charge in [-0.25, -0.2) is 0 Å². The lowest BCUT2D eigenvalue weighted by molar-refractivity contribution is -0.0993. The summed E-state index contributed by atoms with van der Waals surface area (Å²) in [7, 11) is 1.53. The van der Waals surface area contributed by atoms with Gasteiger partial charge < -0.3 is 24.1 Å². The van der Waals surface area contributed by atoms with Crippen molar-refractivity contribution in [3.05, 3.63) is 23.8 Å². The summed E-state index contributed by atoms with van der Waals surface area (Å²) in [6, 6.07) is 5.20. The molecule has 0 amide bonds. The highest BCUT2D eigenvalue weighted by Crippen LogP contribution is 2.37. The highest BCUT2D eigenvalue weighted by Gasteiger charge is 2.34. The fraction of sp³-hybridized carbons (Fsp3) is 0.714. The molecule has 2 fully saturated rings. The first-order valence-electron chi connectivity index (χ1n) is 9.73. The Morgan fingerprint density at radius 3 is 2.77 bits per heavy atom. The fourth-order valence-corrected chi connectivity index (χ4v) is 4.10.